The van der Waals surface area contributed by atoms with Gasteiger partial charge in [0.15, 0.2) is 5.75 Å². The maximum absolute atomic E-state index is 12.1. The summed E-state index contributed by atoms with van der Waals surface area (Å²) >= 11 is 0. The summed E-state index contributed by atoms with van der Waals surface area (Å²) in [6.45, 7) is 3.15. The molecule has 0 aliphatic rings. The van der Waals surface area contributed by atoms with E-state index < -0.39 is 0 Å². The molecule has 0 saturated carbocycles. The summed E-state index contributed by atoms with van der Waals surface area (Å²) in [5.74, 6) is -0.110. The highest BCUT2D eigenvalue weighted by Crippen LogP contribution is 2.32. The second kappa shape index (κ2) is 10.1. The van der Waals surface area contributed by atoms with Gasteiger partial charge in [0, 0.05) is 24.7 Å². The van der Waals surface area contributed by atoms with Crippen molar-refractivity contribution in [1.29, 1.82) is 0 Å². The lowest BCUT2D eigenvalue weighted by molar-refractivity contribution is 0.368. The van der Waals surface area contributed by atoms with Gasteiger partial charge in [-0.25, -0.2) is 0 Å². The van der Waals surface area contributed by atoms with Gasteiger partial charge >= 0.3 is 0 Å². The van der Waals surface area contributed by atoms with Crippen LogP contribution in [0.25, 0.3) is 10.9 Å². The topological polar surface area (TPSA) is 63.5 Å². The van der Waals surface area contributed by atoms with E-state index in [4.69, 9.17) is 4.74 Å². The van der Waals surface area contributed by atoms with Crippen molar-refractivity contribution in [2.75, 3.05) is 19.0 Å². The first-order chi connectivity index (χ1) is 12.6. The van der Waals surface area contributed by atoms with Crippen molar-refractivity contribution in [3.8, 4) is 11.5 Å². The molecular weight excluding hydrogens is 328 g/mol. The predicted octanol–water partition coefficient (Wildman–Crippen LogP) is 4.81. The summed E-state index contributed by atoms with van der Waals surface area (Å²) in [4.78, 5) is 12.1. The number of ether oxygens (including phenoxy) is 1. The van der Waals surface area contributed by atoms with Gasteiger partial charge in [0.05, 0.1) is 12.6 Å². The van der Waals surface area contributed by atoms with Gasteiger partial charge in [-0.05, 0) is 24.6 Å². The van der Waals surface area contributed by atoms with E-state index >= 15 is 0 Å². The zero-order valence-corrected chi connectivity index (χ0v) is 16.3. The third kappa shape index (κ3) is 4.93. The molecule has 0 bridgehead atoms. The molecule has 1 aromatic carbocycles. The van der Waals surface area contributed by atoms with E-state index in [1.54, 1.807) is 7.05 Å². The summed E-state index contributed by atoms with van der Waals surface area (Å²) < 4.78 is 6.56. The number of aromatic nitrogens is 1. The Morgan fingerprint density at radius 3 is 2.38 bits per heavy atom. The predicted molar refractivity (Wildman–Crippen MR) is 109 cm³/mol. The van der Waals surface area contributed by atoms with E-state index in [1.165, 1.54) is 56.6 Å². The highest BCUT2D eigenvalue weighted by atomic mass is 16.5. The number of benzene rings is 1. The molecule has 0 aliphatic heterocycles. The minimum absolute atomic E-state index is 0.0137. The van der Waals surface area contributed by atoms with Crippen LogP contribution in [-0.2, 0) is 7.05 Å². The largest absolute Gasteiger partial charge is 0.504 e. The molecule has 0 fully saturated rings. The first-order valence-corrected chi connectivity index (χ1v) is 9.73. The first-order valence-electron chi connectivity index (χ1n) is 9.73. The van der Waals surface area contributed by atoms with Crippen LogP contribution in [0.15, 0.2) is 23.0 Å². The van der Waals surface area contributed by atoms with Gasteiger partial charge in [0.25, 0.3) is 5.56 Å². The number of nitrogens with one attached hydrogen (secondary N) is 1. The number of aryl methyl sites for hydroxylation is 1. The standard InChI is InChI=1S/C21H32N2O3/c1-4-5-6-7-8-9-10-11-14-22-16-12-13-18-17(15-16)19(24)20(26-3)21(25)23(18)2/h12-13,15,22,24H,4-11,14H2,1-3H3. The summed E-state index contributed by atoms with van der Waals surface area (Å²) in [7, 11) is 3.08. The molecule has 2 N–H and O–H groups in total. The van der Waals surface area contributed by atoms with E-state index in [0.29, 0.717) is 10.9 Å². The lowest BCUT2D eigenvalue weighted by Crippen LogP contribution is -2.18. The number of nitrogens with zero attached hydrogens (tertiary/aromatic N) is 1. The zero-order valence-electron chi connectivity index (χ0n) is 16.3. The average molecular weight is 360 g/mol. The molecular formula is C21H32N2O3. The number of pyridine rings is 1. The Hall–Kier alpha value is -2.17. The Balaban J connectivity index is 1.90. The van der Waals surface area contributed by atoms with Crippen LogP contribution >= 0.6 is 0 Å². The molecule has 26 heavy (non-hydrogen) atoms. The van der Waals surface area contributed by atoms with Gasteiger partial charge in [0.1, 0.15) is 0 Å². The number of fused-ring (bicyclic) bond motifs is 1. The molecule has 2 aromatic rings. The van der Waals surface area contributed by atoms with Crippen molar-refractivity contribution in [1.82, 2.24) is 4.57 Å². The third-order valence-electron chi connectivity index (χ3n) is 4.89. The number of unbranched alkanes of at least 4 members (excludes halogenated alkanes) is 7. The second-order valence-corrected chi connectivity index (χ2v) is 6.88. The molecule has 0 unspecified atom stereocenters. The van der Waals surface area contributed by atoms with Crippen LogP contribution in [-0.4, -0.2) is 23.3 Å². The average Bonchev–Trinajstić information content (AvgIpc) is 2.65. The normalized spacial score (nSPS) is 11.0. The number of hydrogen-bond acceptors (Lipinski definition) is 4. The molecule has 0 radical (unpaired) electrons. The van der Waals surface area contributed by atoms with Gasteiger partial charge in [-0.2, -0.15) is 0 Å². The van der Waals surface area contributed by atoms with Gasteiger partial charge in [-0.15, -0.1) is 0 Å². The summed E-state index contributed by atoms with van der Waals surface area (Å²) in [6.07, 6.45) is 10.4. The summed E-state index contributed by atoms with van der Waals surface area (Å²) in [6, 6.07) is 5.67. The number of hydrogen-bond donors (Lipinski definition) is 2. The van der Waals surface area contributed by atoms with Gasteiger partial charge in [-0.1, -0.05) is 51.9 Å². The fraction of sp³-hybridized carbons (Fsp3) is 0.571. The summed E-state index contributed by atoms with van der Waals surface area (Å²) in [5.41, 5.74) is 1.29. The fourth-order valence-corrected chi connectivity index (χ4v) is 3.29. The maximum Gasteiger partial charge on any atom is 0.297 e. The van der Waals surface area contributed by atoms with Crippen molar-refractivity contribution in [2.45, 2.75) is 58.3 Å². The molecule has 0 spiro atoms. The Labute approximate surface area is 156 Å². The van der Waals surface area contributed by atoms with Crippen LogP contribution in [0, 0.1) is 0 Å². The fourth-order valence-electron chi connectivity index (χ4n) is 3.29. The van der Waals surface area contributed by atoms with Crippen molar-refractivity contribution in [3.05, 3.63) is 28.6 Å². The van der Waals surface area contributed by atoms with Crippen LogP contribution in [0.2, 0.25) is 0 Å². The molecule has 0 aliphatic carbocycles. The van der Waals surface area contributed by atoms with Crippen LogP contribution < -0.4 is 15.6 Å². The van der Waals surface area contributed by atoms with Gasteiger partial charge in [0.2, 0.25) is 5.75 Å². The number of methoxy groups -OCH3 is 1. The molecule has 5 heteroatoms. The lowest BCUT2D eigenvalue weighted by Gasteiger charge is -2.13. The lowest BCUT2D eigenvalue weighted by atomic mass is 10.1. The molecule has 0 saturated heterocycles. The van der Waals surface area contributed by atoms with E-state index in [2.05, 4.69) is 12.2 Å². The molecule has 2 rings (SSSR count). The van der Waals surface area contributed by atoms with Crippen molar-refractivity contribution >= 4 is 16.6 Å². The van der Waals surface area contributed by atoms with E-state index in [9.17, 15) is 9.90 Å². The first kappa shape index (κ1) is 20.1. The van der Waals surface area contributed by atoms with E-state index in [-0.39, 0.29) is 17.1 Å². The molecule has 144 valence electrons. The monoisotopic (exact) mass is 360 g/mol. The van der Waals surface area contributed by atoms with Crippen LogP contribution in [0.4, 0.5) is 5.69 Å². The number of aromatic hydroxyl groups is 1. The Bertz CT molecular complexity index is 768. The van der Waals surface area contributed by atoms with Gasteiger partial charge in [-0.3, -0.25) is 4.79 Å². The molecule has 0 atom stereocenters. The zero-order chi connectivity index (χ0) is 18.9. The SMILES string of the molecule is CCCCCCCCCCNc1ccc2c(c1)c(O)c(OC)c(=O)n2C. The van der Waals surface area contributed by atoms with Gasteiger partial charge < -0.3 is 19.7 Å². The Morgan fingerprint density at radius 2 is 1.73 bits per heavy atom. The molecule has 1 heterocycles. The Kier molecular flexibility index (Phi) is 7.82. The quantitative estimate of drug-likeness (QED) is 0.565. The molecule has 1 aromatic heterocycles. The highest BCUT2D eigenvalue weighted by molar-refractivity contribution is 5.90. The smallest absolute Gasteiger partial charge is 0.297 e. The second-order valence-electron chi connectivity index (χ2n) is 6.88. The highest BCUT2D eigenvalue weighted by Gasteiger charge is 2.15. The minimum Gasteiger partial charge on any atom is -0.504 e. The maximum atomic E-state index is 12.1. The molecule has 5 nitrogen and oxygen atoms in total. The third-order valence-corrected chi connectivity index (χ3v) is 4.89. The van der Waals surface area contributed by atoms with E-state index in [0.717, 1.165) is 18.7 Å². The van der Waals surface area contributed by atoms with Crippen LogP contribution in [0.5, 0.6) is 11.5 Å². The molecule has 0 amide bonds. The van der Waals surface area contributed by atoms with Crippen LogP contribution in [0.3, 0.4) is 0 Å². The van der Waals surface area contributed by atoms with Crippen molar-refractivity contribution in [2.24, 2.45) is 7.05 Å². The van der Waals surface area contributed by atoms with E-state index in [1.807, 2.05) is 18.2 Å². The minimum atomic E-state index is -0.336. The number of rotatable bonds is 11. The van der Waals surface area contributed by atoms with Crippen molar-refractivity contribution in [3.63, 3.8) is 0 Å². The Morgan fingerprint density at radius 1 is 1.08 bits per heavy atom. The van der Waals surface area contributed by atoms with Crippen molar-refractivity contribution < 1.29 is 9.84 Å². The number of anilines is 1. The summed E-state index contributed by atoms with van der Waals surface area (Å²) in [5, 5.41) is 14.4. The van der Waals surface area contributed by atoms with Crippen LogP contribution in [0.1, 0.15) is 58.3 Å².